The van der Waals surface area contributed by atoms with E-state index < -0.39 is 0 Å². The summed E-state index contributed by atoms with van der Waals surface area (Å²) in [4.78, 5) is 30.5. The Kier molecular flexibility index (Phi) is 8.44. The number of unbranched alkanes of at least 4 members (excludes halogenated alkanes) is 1. The first kappa shape index (κ1) is 21.1. The molecule has 2 heterocycles. The lowest BCUT2D eigenvalue weighted by Crippen LogP contribution is -2.38. The molecule has 0 fully saturated rings. The molecule has 0 unspecified atom stereocenters. The van der Waals surface area contributed by atoms with E-state index >= 15 is 0 Å². The largest absolute Gasteiger partial charge is 0.320 e. The zero-order valence-corrected chi connectivity index (χ0v) is 16.3. The number of likely N-dealkylation sites (N-methyl/N-ethyl adjacent to an activating group) is 1. The first-order chi connectivity index (χ1) is 13.1. The van der Waals surface area contributed by atoms with Crippen LogP contribution >= 0.6 is 0 Å². The maximum absolute atomic E-state index is 12.8. The lowest BCUT2D eigenvalue weighted by atomic mass is 10.2. The average molecular weight is 374 g/mol. The molecular formula is C20H30N4O3. The summed E-state index contributed by atoms with van der Waals surface area (Å²) in [5, 5.41) is 5.55. The number of hydroxylamine groups is 1. The lowest BCUT2D eigenvalue weighted by molar-refractivity contribution is -0.117. The second-order valence-corrected chi connectivity index (χ2v) is 6.51. The molecule has 1 aromatic rings. The van der Waals surface area contributed by atoms with E-state index in [-0.39, 0.29) is 29.4 Å². The summed E-state index contributed by atoms with van der Waals surface area (Å²) >= 11 is 0. The molecule has 1 aromatic heterocycles. The quantitative estimate of drug-likeness (QED) is 0.332. The number of aryl methyl sites for hydroxylation is 1. The fourth-order valence-electron chi connectivity index (χ4n) is 2.82. The normalized spacial score (nSPS) is 17.5. The number of carbonyl (C=O) groups excluding carboxylic acids is 1. The third-order valence-electron chi connectivity index (χ3n) is 4.53. The highest BCUT2D eigenvalue weighted by molar-refractivity contribution is 5.94. The SMILES string of the molecule is C/C=C\C=C/CCCNO[C@@H]1CCc2ccc(NC(=O)[C@H](C)NC)c(=O)n21. The predicted molar refractivity (Wildman–Crippen MR) is 107 cm³/mol. The van der Waals surface area contributed by atoms with Crippen molar-refractivity contribution < 1.29 is 9.63 Å². The Balaban J connectivity index is 1.92. The van der Waals surface area contributed by atoms with Crippen molar-refractivity contribution in [1.29, 1.82) is 0 Å². The van der Waals surface area contributed by atoms with Gasteiger partial charge in [0, 0.05) is 18.7 Å². The average Bonchev–Trinajstić information content (AvgIpc) is 3.09. The van der Waals surface area contributed by atoms with Crippen LogP contribution in [0.2, 0.25) is 0 Å². The molecule has 7 heteroatoms. The molecular weight excluding hydrogens is 344 g/mol. The molecule has 2 atom stereocenters. The van der Waals surface area contributed by atoms with Crippen LogP contribution in [0.15, 0.2) is 41.2 Å². The minimum atomic E-state index is -0.377. The number of pyridine rings is 1. The summed E-state index contributed by atoms with van der Waals surface area (Å²) < 4.78 is 1.62. The molecule has 0 bridgehead atoms. The van der Waals surface area contributed by atoms with Crippen LogP contribution in [0.3, 0.4) is 0 Å². The number of anilines is 1. The van der Waals surface area contributed by atoms with Gasteiger partial charge in [-0.1, -0.05) is 24.3 Å². The smallest absolute Gasteiger partial charge is 0.276 e. The van der Waals surface area contributed by atoms with E-state index in [1.165, 1.54) is 0 Å². The summed E-state index contributed by atoms with van der Waals surface area (Å²) in [7, 11) is 1.70. The van der Waals surface area contributed by atoms with Gasteiger partial charge in [0.25, 0.3) is 5.56 Å². The molecule has 0 aliphatic carbocycles. The zero-order valence-electron chi connectivity index (χ0n) is 16.3. The molecule has 1 aliphatic heterocycles. The van der Waals surface area contributed by atoms with Gasteiger partial charge in [0.15, 0.2) is 6.23 Å². The fraction of sp³-hybridized carbons (Fsp3) is 0.500. The van der Waals surface area contributed by atoms with Crippen LogP contribution in [-0.4, -0.2) is 30.1 Å². The molecule has 2 rings (SSSR count). The Labute approximate surface area is 160 Å². The number of carbonyl (C=O) groups is 1. The number of amides is 1. The number of rotatable bonds is 10. The van der Waals surface area contributed by atoms with Gasteiger partial charge in [0.05, 0.1) is 6.04 Å². The van der Waals surface area contributed by atoms with Gasteiger partial charge in [-0.25, -0.2) is 5.48 Å². The van der Waals surface area contributed by atoms with E-state index in [9.17, 15) is 9.59 Å². The van der Waals surface area contributed by atoms with Crippen molar-refractivity contribution in [2.24, 2.45) is 0 Å². The molecule has 27 heavy (non-hydrogen) atoms. The van der Waals surface area contributed by atoms with Gasteiger partial charge in [0.2, 0.25) is 5.91 Å². The highest BCUT2D eigenvalue weighted by Gasteiger charge is 2.26. The second-order valence-electron chi connectivity index (χ2n) is 6.51. The zero-order chi connectivity index (χ0) is 19.6. The van der Waals surface area contributed by atoms with Crippen molar-refractivity contribution in [1.82, 2.24) is 15.4 Å². The Morgan fingerprint density at radius 1 is 1.41 bits per heavy atom. The van der Waals surface area contributed by atoms with Crippen molar-refractivity contribution in [2.75, 3.05) is 18.9 Å². The summed E-state index contributed by atoms with van der Waals surface area (Å²) in [5.41, 5.74) is 3.92. The minimum Gasteiger partial charge on any atom is -0.320 e. The predicted octanol–water partition coefficient (Wildman–Crippen LogP) is 2.27. The number of fused-ring (bicyclic) bond motifs is 1. The van der Waals surface area contributed by atoms with Crippen molar-refractivity contribution in [2.45, 2.75) is 51.8 Å². The molecule has 148 valence electrons. The van der Waals surface area contributed by atoms with Crippen molar-refractivity contribution >= 4 is 11.6 Å². The second kappa shape index (κ2) is 10.8. The molecule has 3 N–H and O–H groups in total. The van der Waals surface area contributed by atoms with E-state index in [4.69, 9.17) is 4.84 Å². The maximum atomic E-state index is 12.8. The molecule has 1 aliphatic rings. The number of nitrogens with one attached hydrogen (secondary N) is 3. The summed E-state index contributed by atoms with van der Waals surface area (Å²) in [5.74, 6) is -0.241. The Hall–Kier alpha value is -2.22. The van der Waals surface area contributed by atoms with Crippen LogP contribution in [0.1, 0.15) is 45.0 Å². The number of hydrogen-bond donors (Lipinski definition) is 3. The van der Waals surface area contributed by atoms with Gasteiger partial charge in [0.1, 0.15) is 5.69 Å². The van der Waals surface area contributed by atoms with Crippen LogP contribution in [-0.2, 0) is 16.1 Å². The van der Waals surface area contributed by atoms with Crippen LogP contribution in [0.25, 0.3) is 0 Å². The Morgan fingerprint density at radius 3 is 2.96 bits per heavy atom. The van der Waals surface area contributed by atoms with E-state index in [0.717, 1.165) is 31.4 Å². The molecule has 0 radical (unpaired) electrons. The maximum Gasteiger partial charge on any atom is 0.276 e. The Bertz CT molecular complexity index is 739. The Morgan fingerprint density at radius 2 is 2.22 bits per heavy atom. The lowest BCUT2D eigenvalue weighted by Gasteiger charge is -2.17. The van der Waals surface area contributed by atoms with Gasteiger partial charge >= 0.3 is 0 Å². The van der Waals surface area contributed by atoms with E-state index in [1.54, 1.807) is 24.6 Å². The minimum absolute atomic E-state index is 0.234. The van der Waals surface area contributed by atoms with Crippen LogP contribution in [0.5, 0.6) is 0 Å². The summed E-state index contributed by atoms with van der Waals surface area (Å²) in [6.45, 7) is 4.43. The third-order valence-corrected chi connectivity index (χ3v) is 4.53. The number of allylic oxidation sites excluding steroid dienone is 4. The fourth-order valence-corrected chi connectivity index (χ4v) is 2.82. The van der Waals surface area contributed by atoms with Crippen LogP contribution in [0, 0.1) is 0 Å². The van der Waals surface area contributed by atoms with Gasteiger partial charge in [-0.2, -0.15) is 0 Å². The number of aromatic nitrogens is 1. The summed E-state index contributed by atoms with van der Waals surface area (Å²) in [6.07, 6.45) is 11.2. The van der Waals surface area contributed by atoms with Crippen molar-refractivity contribution in [3.05, 3.63) is 52.5 Å². The first-order valence-electron chi connectivity index (χ1n) is 9.47. The first-order valence-corrected chi connectivity index (χ1v) is 9.47. The van der Waals surface area contributed by atoms with E-state index in [2.05, 4.69) is 22.2 Å². The molecule has 0 saturated carbocycles. The summed E-state index contributed by atoms with van der Waals surface area (Å²) in [6, 6.07) is 3.16. The molecule has 0 aromatic carbocycles. The third kappa shape index (κ3) is 5.89. The molecule has 0 spiro atoms. The van der Waals surface area contributed by atoms with Crippen LogP contribution < -0.4 is 21.7 Å². The highest BCUT2D eigenvalue weighted by Crippen LogP contribution is 2.24. The molecule has 1 amide bonds. The number of hydrogen-bond acceptors (Lipinski definition) is 5. The standard InChI is InChI=1S/C20H30N4O3/c1-4-5-6-7-8-9-14-22-27-18-13-11-16-10-12-17(20(26)24(16)18)23-19(25)15(2)21-3/h4-7,10,12,15,18,21-22H,8-9,11,13-14H2,1-3H3,(H,23,25)/b5-4-,7-6-/t15-,18+/m0/s1. The molecule has 7 nitrogen and oxygen atoms in total. The van der Waals surface area contributed by atoms with Gasteiger partial charge < -0.3 is 10.6 Å². The van der Waals surface area contributed by atoms with Gasteiger partial charge in [-0.05, 0) is 52.3 Å². The van der Waals surface area contributed by atoms with Gasteiger partial charge in [-0.3, -0.25) is 19.0 Å². The van der Waals surface area contributed by atoms with Crippen LogP contribution in [0.4, 0.5) is 5.69 Å². The monoisotopic (exact) mass is 374 g/mol. The topological polar surface area (TPSA) is 84.4 Å². The van der Waals surface area contributed by atoms with Crippen molar-refractivity contribution in [3.63, 3.8) is 0 Å². The van der Waals surface area contributed by atoms with E-state index in [1.807, 2.05) is 31.2 Å². The number of nitrogens with zero attached hydrogens (tertiary/aromatic N) is 1. The van der Waals surface area contributed by atoms with Gasteiger partial charge in [-0.15, -0.1) is 0 Å². The molecule has 0 saturated heterocycles. The highest BCUT2D eigenvalue weighted by atomic mass is 16.7. The van der Waals surface area contributed by atoms with Crippen molar-refractivity contribution in [3.8, 4) is 0 Å². The van der Waals surface area contributed by atoms with E-state index in [0.29, 0.717) is 6.54 Å².